The third-order valence-corrected chi connectivity index (χ3v) is 4.28. The van der Waals surface area contributed by atoms with Crippen LogP contribution in [0.25, 0.3) is 0 Å². The second-order valence-electron chi connectivity index (χ2n) is 5.67. The molecule has 2 N–H and O–H groups in total. The Morgan fingerprint density at radius 1 is 1.05 bits per heavy atom. The van der Waals surface area contributed by atoms with Crippen molar-refractivity contribution in [3.05, 3.63) is 64.7 Å². The van der Waals surface area contributed by atoms with E-state index in [1.807, 2.05) is 6.07 Å². The molecule has 2 unspecified atom stereocenters. The molecule has 1 aliphatic rings. The van der Waals surface area contributed by atoms with Gasteiger partial charge in [-0.15, -0.1) is 0 Å². The van der Waals surface area contributed by atoms with Crippen molar-refractivity contribution in [2.45, 2.75) is 38.8 Å². The second kappa shape index (κ2) is 5.29. The van der Waals surface area contributed by atoms with E-state index >= 15 is 0 Å². The molecule has 0 heterocycles. The Morgan fingerprint density at radius 2 is 1.85 bits per heavy atom. The Hall–Kier alpha value is -1.80. The largest absolute Gasteiger partial charge is 0.488 e. The minimum absolute atomic E-state index is 0.0402. The molecule has 0 saturated carbocycles. The lowest BCUT2D eigenvalue weighted by atomic mass is 9.86. The maximum absolute atomic E-state index is 6.38. The molecule has 0 saturated heterocycles. The molecule has 2 nitrogen and oxygen atoms in total. The molecular formula is C18H21NO. The fourth-order valence-corrected chi connectivity index (χ4v) is 2.86. The molecule has 0 radical (unpaired) electrons. The van der Waals surface area contributed by atoms with E-state index in [4.69, 9.17) is 10.5 Å². The first-order valence-corrected chi connectivity index (χ1v) is 7.22. The van der Waals surface area contributed by atoms with Gasteiger partial charge in [0.15, 0.2) is 0 Å². The second-order valence-corrected chi connectivity index (χ2v) is 5.67. The molecule has 0 fully saturated rings. The topological polar surface area (TPSA) is 35.2 Å². The lowest BCUT2D eigenvalue weighted by Crippen LogP contribution is -2.35. The summed E-state index contributed by atoms with van der Waals surface area (Å²) < 4.78 is 6.14. The number of hydrogen-bond acceptors (Lipinski definition) is 2. The van der Waals surface area contributed by atoms with Crippen molar-refractivity contribution in [1.82, 2.24) is 0 Å². The summed E-state index contributed by atoms with van der Waals surface area (Å²) in [6.07, 6.45) is 2.08. The van der Waals surface area contributed by atoms with E-state index in [9.17, 15) is 0 Å². The van der Waals surface area contributed by atoms with Crippen LogP contribution in [0.15, 0.2) is 42.5 Å². The maximum atomic E-state index is 6.38. The molecule has 104 valence electrons. The van der Waals surface area contributed by atoms with Crippen LogP contribution in [0.2, 0.25) is 0 Å². The molecule has 3 rings (SSSR count). The van der Waals surface area contributed by atoms with E-state index in [1.54, 1.807) is 0 Å². The standard InChI is InChI=1S/C18H21NO/c1-12-7-9-15(11-13(12)2)20-17-10-8-14-5-3-4-6-16(14)18(17)19/h3-7,9,11,17-18H,8,10,19H2,1-2H3. The summed E-state index contributed by atoms with van der Waals surface area (Å²) in [6, 6.07) is 14.6. The highest BCUT2D eigenvalue weighted by atomic mass is 16.5. The van der Waals surface area contributed by atoms with Crippen LogP contribution >= 0.6 is 0 Å². The van der Waals surface area contributed by atoms with Gasteiger partial charge < -0.3 is 10.5 Å². The molecule has 0 spiro atoms. The highest BCUT2D eigenvalue weighted by Gasteiger charge is 2.27. The van der Waals surface area contributed by atoms with Gasteiger partial charge in [-0.1, -0.05) is 30.3 Å². The van der Waals surface area contributed by atoms with E-state index in [-0.39, 0.29) is 12.1 Å². The zero-order valence-electron chi connectivity index (χ0n) is 12.1. The summed E-state index contributed by atoms with van der Waals surface area (Å²) >= 11 is 0. The molecule has 0 bridgehead atoms. The van der Waals surface area contributed by atoms with Crippen molar-refractivity contribution in [2.24, 2.45) is 5.73 Å². The van der Waals surface area contributed by atoms with Crippen LogP contribution in [-0.2, 0) is 6.42 Å². The Morgan fingerprint density at radius 3 is 2.65 bits per heavy atom. The monoisotopic (exact) mass is 267 g/mol. The van der Waals surface area contributed by atoms with Gasteiger partial charge in [0, 0.05) is 0 Å². The van der Waals surface area contributed by atoms with Crippen LogP contribution in [0.1, 0.15) is 34.7 Å². The van der Waals surface area contributed by atoms with Crippen molar-refractivity contribution in [3.63, 3.8) is 0 Å². The smallest absolute Gasteiger partial charge is 0.120 e. The summed E-state index contributed by atoms with van der Waals surface area (Å²) in [6.45, 7) is 4.22. The molecule has 2 aromatic carbocycles. The van der Waals surface area contributed by atoms with Crippen molar-refractivity contribution in [1.29, 1.82) is 0 Å². The van der Waals surface area contributed by atoms with Gasteiger partial charge in [0.1, 0.15) is 11.9 Å². The number of ether oxygens (including phenoxy) is 1. The van der Waals surface area contributed by atoms with E-state index in [0.29, 0.717) is 0 Å². The highest BCUT2D eigenvalue weighted by Crippen LogP contribution is 2.31. The Bertz CT molecular complexity index is 621. The molecule has 0 aliphatic heterocycles. The van der Waals surface area contributed by atoms with Gasteiger partial charge in [0.25, 0.3) is 0 Å². The quantitative estimate of drug-likeness (QED) is 0.900. The normalized spacial score (nSPS) is 21.4. The first-order chi connectivity index (χ1) is 9.65. The number of benzene rings is 2. The average Bonchev–Trinajstić information content (AvgIpc) is 2.46. The number of rotatable bonds is 2. The van der Waals surface area contributed by atoms with Gasteiger partial charge in [0.05, 0.1) is 6.04 Å². The van der Waals surface area contributed by atoms with Crippen molar-refractivity contribution >= 4 is 0 Å². The number of aryl methyl sites for hydroxylation is 3. The van der Waals surface area contributed by atoms with Gasteiger partial charge in [-0.05, 0) is 61.1 Å². The van der Waals surface area contributed by atoms with Crippen molar-refractivity contribution in [2.75, 3.05) is 0 Å². The zero-order valence-corrected chi connectivity index (χ0v) is 12.1. The van der Waals surface area contributed by atoms with E-state index < -0.39 is 0 Å². The van der Waals surface area contributed by atoms with Gasteiger partial charge >= 0.3 is 0 Å². The predicted octanol–water partition coefficient (Wildman–Crippen LogP) is 3.70. The van der Waals surface area contributed by atoms with Crippen LogP contribution in [0.5, 0.6) is 5.75 Å². The molecule has 0 aromatic heterocycles. The molecular weight excluding hydrogens is 246 g/mol. The average molecular weight is 267 g/mol. The fourth-order valence-electron chi connectivity index (χ4n) is 2.86. The summed E-state index contributed by atoms with van der Waals surface area (Å²) in [5.41, 5.74) is 11.5. The summed E-state index contributed by atoms with van der Waals surface area (Å²) in [7, 11) is 0. The zero-order chi connectivity index (χ0) is 14.1. The maximum Gasteiger partial charge on any atom is 0.120 e. The minimum Gasteiger partial charge on any atom is -0.488 e. The van der Waals surface area contributed by atoms with E-state index in [0.717, 1.165) is 18.6 Å². The fraction of sp³-hybridized carbons (Fsp3) is 0.333. The van der Waals surface area contributed by atoms with Crippen LogP contribution in [-0.4, -0.2) is 6.10 Å². The molecule has 1 aliphatic carbocycles. The summed E-state index contributed by atoms with van der Waals surface area (Å²) in [5, 5.41) is 0. The Labute approximate surface area is 120 Å². The molecule has 2 heteroatoms. The highest BCUT2D eigenvalue weighted by molar-refractivity contribution is 5.36. The van der Waals surface area contributed by atoms with Gasteiger partial charge in [0.2, 0.25) is 0 Å². The van der Waals surface area contributed by atoms with Gasteiger partial charge in [-0.25, -0.2) is 0 Å². The lowest BCUT2D eigenvalue weighted by molar-refractivity contribution is 0.153. The third-order valence-electron chi connectivity index (χ3n) is 4.28. The van der Waals surface area contributed by atoms with E-state index in [2.05, 4.69) is 50.2 Å². The number of nitrogens with two attached hydrogens (primary N) is 1. The minimum atomic E-state index is -0.0402. The van der Waals surface area contributed by atoms with Crippen LogP contribution in [0, 0.1) is 13.8 Å². The summed E-state index contributed by atoms with van der Waals surface area (Å²) in [5.74, 6) is 0.924. The third kappa shape index (κ3) is 2.44. The SMILES string of the molecule is Cc1ccc(OC2CCc3ccccc3C2N)cc1C. The predicted molar refractivity (Wildman–Crippen MR) is 82.0 cm³/mol. The molecule has 2 atom stereocenters. The Kier molecular flexibility index (Phi) is 3.49. The number of hydrogen-bond donors (Lipinski definition) is 1. The van der Waals surface area contributed by atoms with Gasteiger partial charge in [-0.2, -0.15) is 0 Å². The van der Waals surface area contributed by atoms with Gasteiger partial charge in [-0.3, -0.25) is 0 Å². The van der Waals surface area contributed by atoms with Crippen LogP contribution < -0.4 is 10.5 Å². The van der Waals surface area contributed by atoms with Crippen LogP contribution in [0.4, 0.5) is 0 Å². The lowest BCUT2D eigenvalue weighted by Gasteiger charge is -2.31. The number of fused-ring (bicyclic) bond motifs is 1. The van der Waals surface area contributed by atoms with Crippen molar-refractivity contribution in [3.8, 4) is 5.75 Å². The van der Waals surface area contributed by atoms with Crippen molar-refractivity contribution < 1.29 is 4.74 Å². The first kappa shape index (κ1) is 13.2. The first-order valence-electron chi connectivity index (χ1n) is 7.22. The van der Waals surface area contributed by atoms with Crippen LogP contribution in [0.3, 0.4) is 0 Å². The van der Waals surface area contributed by atoms with E-state index in [1.165, 1.54) is 22.3 Å². The molecule has 20 heavy (non-hydrogen) atoms. The Balaban J connectivity index is 1.81. The summed E-state index contributed by atoms with van der Waals surface area (Å²) in [4.78, 5) is 0. The molecule has 0 amide bonds. The molecule has 2 aromatic rings.